The molecular formula is C28H32N14O3. The molecule has 1 saturated carbocycles. The maximum Gasteiger partial charge on any atom is 0.435 e. The average Bonchev–Trinajstić information content (AvgIpc) is 3.70. The Morgan fingerprint density at radius 3 is 2.38 bits per heavy atom. The third-order valence-electron chi connectivity index (χ3n) is 8.03. The second-order valence-electron chi connectivity index (χ2n) is 11.4. The first kappa shape index (κ1) is 31.0. The van der Waals surface area contributed by atoms with Crippen molar-refractivity contribution in [3.05, 3.63) is 102 Å². The van der Waals surface area contributed by atoms with Gasteiger partial charge in [0, 0.05) is 45.3 Å². The van der Waals surface area contributed by atoms with Crippen molar-refractivity contribution >= 4 is 12.0 Å². The molecule has 1 atom stereocenters. The largest absolute Gasteiger partial charge is 0.441 e. The summed E-state index contributed by atoms with van der Waals surface area (Å²) in [6.07, 6.45) is 4.29. The molecule has 0 radical (unpaired) electrons. The Morgan fingerprint density at radius 2 is 1.73 bits per heavy atom. The van der Waals surface area contributed by atoms with Gasteiger partial charge in [-0.05, 0) is 73.7 Å². The Balaban J connectivity index is 1.37. The smallest absolute Gasteiger partial charge is 0.435 e. The first-order valence-electron chi connectivity index (χ1n) is 14.5. The van der Waals surface area contributed by atoms with Crippen molar-refractivity contribution in [3.63, 3.8) is 0 Å². The molecule has 1 unspecified atom stereocenters. The normalized spacial score (nSPS) is 16.6. The summed E-state index contributed by atoms with van der Waals surface area (Å²) in [7, 11) is 0. The van der Waals surface area contributed by atoms with Gasteiger partial charge in [0.05, 0.1) is 25.3 Å². The molecule has 2 aromatic heterocycles. The second kappa shape index (κ2) is 13.4. The maximum absolute atomic E-state index is 14.2. The van der Waals surface area contributed by atoms with Gasteiger partial charge in [0.15, 0.2) is 0 Å². The highest BCUT2D eigenvalue weighted by Crippen LogP contribution is 2.35. The topological polar surface area (TPSA) is 229 Å². The molecular weight excluding hydrogens is 580 g/mol. The zero-order valence-corrected chi connectivity index (χ0v) is 25.0. The van der Waals surface area contributed by atoms with E-state index in [2.05, 4.69) is 40.2 Å². The third-order valence-corrected chi connectivity index (χ3v) is 8.03. The SMILES string of the molecule is Cc1c(C(=O)N(C2CC2)C2CCc3nn(C(=O)OC(C)(CN=[N+]=[N-])CN=[N+]=[N-])cc3C2)nc(CN=[N+]=[N-])n1Cc1ccccc1. The lowest BCUT2D eigenvalue weighted by atomic mass is 9.92. The molecule has 3 aromatic rings. The van der Waals surface area contributed by atoms with Crippen LogP contribution in [0.25, 0.3) is 31.3 Å². The highest BCUT2D eigenvalue weighted by Gasteiger charge is 2.41. The number of carbonyl (C=O) groups excluding carboxylic acids is 2. The molecule has 1 amide bonds. The van der Waals surface area contributed by atoms with Crippen LogP contribution in [0.3, 0.4) is 0 Å². The van der Waals surface area contributed by atoms with Crippen molar-refractivity contribution in [2.75, 3.05) is 13.1 Å². The maximum atomic E-state index is 14.2. The minimum absolute atomic E-state index is 0.0216. The standard InChI is InChI=1S/C28H32N14O3/c1-18-25(35-24(13-32-37-29)40(18)14-19-6-4-3-5-7-19)26(43)42(21-8-9-21)22-10-11-23-20(12-22)15-41(36-23)27(44)45-28(2,16-33-38-30)17-34-39-31/h3-7,15,21-22H,8-14,16-17H2,1-2H3. The summed E-state index contributed by atoms with van der Waals surface area (Å²) in [6, 6.07) is 9.76. The van der Waals surface area contributed by atoms with Crippen LogP contribution in [0.4, 0.5) is 4.79 Å². The molecule has 2 aliphatic carbocycles. The van der Waals surface area contributed by atoms with Crippen LogP contribution in [0.2, 0.25) is 0 Å². The van der Waals surface area contributed by atoms with Crippen molar-refractivity contribution in [1.29, 1.82) is 0 Å². The Morgan fingerprint density at radius 1 is 1.04 bits per heavy atom. The van der Waals surface area contributed by atoms with E-state index in [1.807, 2.05) is 46.7 Å². The first-order valence-corrected chi connectivity index (χ1v) is 14.5. The summed E-state index contributed by atoms with van der Waals surface area (Å²) in [6.45, 7) is 3.43. The fraction of sp³-hybridized carbons (Fsp3) is 0.500. The summed E-state index contributed by atoms with van der Waals surface area (Å²) in [5.74, 6) is 0.350. The summed E-state index contributed by atoms with van der Waals surface area (Å²) >= 11 is 0. The number of aromatic nitrogens is 4. The van der Waals surface area contributed by atoms with E-state index in [1.54, 1.807) is 6.20 Å². The number of imidazole rings is 1. The van der Waals surface area contributed by atoms with Gasteiger partial charge >= 0.3 is 6.09 Å². The van der Waals surface area contributed by atoms with Crippen LogP contribution in [-0.4, -0.2) is 67.0 Å². The second-order valence-corrected chi connectivity index (χ2v) is 11.4. The monoisotopic (exact) mass is 612 g/mol. The number of azide groups is 3. The number of ether oxygens (including phenoxy) is 1. The summed E-state index contributed by atoms with van der Waals surface area (Å²) in [5, 5.41) is 15.1. The molecule has 0 bridgehead atoms. The molecule has 0 saturated heterocycles. The van der Waals surface area contributed by atoms with Crippen LogP contribution >= 0.6 is 0 Å². The lowest BCUT2D eigenvalue weighted by molar-refractivity contribution is 0.0369. The van der Waals surface area contributed by atoms with Crippen molar-refractivity contribution < 1.29 is 14.3 Å². The number of hydrogen-bond donors (Lipinski definition) is 0. The van der Waals surface area contributed by atoms with Crippen molar-refractivity contribution in [1.82, 2.24) is 24.2 Å². The first-order chi connectivity index (χ1) is 21.8. The van der Waals surface area contributed by atoms with Crippen molar-refractivity contribution in [2.24, 2.45) is 15.3 Å². The molecule has 0 spiro atoms. The van der Waals surface area contributed by atoms with Gasteiger partial charge in [0.2, 0.25) is 0 Å². The number of fused-ring (bicyclic) bond motifs is 1. The van der Waals surface area contributed by atoms with Gasteiger partial charge in [0.25, 0.3) is 5.91 Å². The molecule has 45 heavy (non-hydrogen) atoms. The van der Waals surface area contributed by atoms with Gasteiger partial charge in [-0.3, -0.25) is 4.79 Å². The predicted molar refractivity (Wildman–Crippen MR) is 161 cm³/mol. The van der Waals surface area contributed by atoms with E-state index in [4.69, 9.17) is 21.3 Å². The Labute approximate surface area is 257 Å². The number of hydrogen-bond acceptors (Lipinski definition) is 8. The van der Waals surface area contributed by atoms with Crippen LogP contribution < -0.4 is 0 Å². The van der Waals surface area contributed by atoms with E-state index < -0.39 is 11.7 Å². The third kappa shape index (κ3) is 7.02. The molecule has 5 rings (SSSR count). The molecule has 2 aliphatic rings. The molecule has 17 heteroatoms. The lowest BCUT2D eigenvalue weighted by Gasteiger charge is -2.34. The summed E-state index contributed by atoms with van der Waals surface area (Å²) < 4.78 is 8.57. The fourth-order valence-corrected chi connectivity index (χ4v) is 5.64. The van der Waals surface area contributed by atoms with Crippen LogP contribution in [0.15, 0.2) is 51.9 Å². The van der Waals surface area contributed by atoms with Crippen molar-refractivity contribution in [2.45, 2.75) is 76.7 Å². The minimum atomic E-state index is -1.35. The lowest BCUT2D eigenvalue weighted by Crippen LogP contribution is -2.45. The highest BCUT2D eigenvalue weighted by molar-refractivity contribution is 5.94. The quantitative estimate of drug-likeness (QED) is 0.140. The van der Waals surface area contributed by atoms with E-state index in [0.29, 0.717) is 43.0 Å². The van der Waals surface area contributed by atoms with Gasteiger partial charge in [0.1, 0.15) is 17.1 Å². The van der Waals surface area contributed by atoms with E-state index in [-0.39, 0.29) is 37.6 Å². The van der Waals surface area contributed by atoms with E-state index in [9.17, 15) is 9.59 Å². The Kier molecular flexibility index (Phi) is 9.24. The number of nitrogens with zero attached hydrogens (tertiary/aromatic N) is 14. The number of benzene rings is 1. The number of carbonyl (C=O) groups is 2. The zero-order chi connectivity index (χ0) is 32.0. The molecule has 1 fully saturated rings. The number of rotatable bonds is 12. The zero-order valence-electron chi connectivity index (χ0n) is 25.0. The molecule has 17 nitrogen and oxygen atoms in total. The van der Waals surface area contributed by atoms with Crippen LogP contribution in [-0.2, 0) is 30.7 Å². The summed E-state index contributed by atoms with van der Waals surface area (Å²) in [5.41, 5.74) is 28.7. The van der Waals surface area contributed by atoms with Gasteiger partial charge in [-0.1, -0.05) is 45.7 Å². The molecule has 232 valence electrons. The summed E-state index contributed by atoms with van der Waals surface area (Å²) in [4.78, 5) is 42.1. The fourth-order valence-electron chi connectivity index (χ4n) is 5.64. The van der Waals surface area contributed by atoms with Crippen LogP contribution in [0.1, 0.15) is 65.0 Å². The molecule has 0 N–H and O–H groups in total. The molecule has 1 aromatic carbocycles. The number of amides is 1. The van der Waals surface area contributed by atoms with Gasteiger partial charge in [-0.25, -0.2) is 9.78 Å². The van der Waals surface area contributed by atoms with E-state index in [0.717, 1.165) is 34.3 Å². The predicted octanol–water partition coefficient (Wildman–Crippen LogP) is 5.77. The van der Waals surface area contributed by atoms with E-state index in [1.165, 1.54) is 6.92 Å². The minimum Gasteiger partial charge on any atom is -0.441 e. The van der Waals surface area contributed by atoms with Gasteiger partial charge in [-0.2, -0.15) is 9.78 Å². The van der Waals surface area contributed by atoms with Crippen LogP contribution in [0, 0.1) is 6.92 Å². The average molecular weight is 613 g/mol. The highest BCUT2D eigenvalue weighted by atomic mass is 16.6. The Bertz CT molecular complexity index is 1700. The van der Waals surface area contributed by atoms with Gasteiger partial charge in [-0.15, -0.1) is 0 Å². The molecule has 2 heterocycles. The van der Waals surface area contributed by atoms with Gasteiger partial charge < -0.3 is 14.2 Å². The van der Waals surface area contributed by atoms with Crippen molar-refractivity contribution in [3.8, 4) is 0 Å². The van der Waals surface area contributed by atoms with E-state index >= 15 is 0 Å². The van der Waals surface area contributed by atoms with Crippen LogP contribution in [0.5, 0.6) is 0 Å². The Hall–Kier alpha value is -5.49. The molecule has 0 aliphatic heterocycles. The number of aryl methyl sites for hydroxylation is 1.